The van der Waals surface area contributed by atoms with Crippen molar-refractivity contribution in [3.05, 3.63) is 118 Å². The molecule has 0 fully saturated rings. The average Bonchev–Trinajstić information content (AvgIpc) is 2.90. The van der Waals surface area contributed by atoms with Crippen LogP contribution in [0.1, 0.15) is 45.2 Å². The Morgan fingerprint density at radius 1 is 0.605 bits per heavy atom. The minimum atomic E-state index is -0.409. The molecule has 4 rings (SSSR count). The van der Waals surface area contributed by atoms with Gasteiger partial charge in [0, 0.05) is 21.8 Å². The summed E-state index contributed by atoms with van der Waals surface area (Å²) < 4.78 is 12.7. The number of benzene rings is 4. The highest BCUT2D eigenvalue weighted by Gasteiger charge is 2.32. The molecule has 0 aliphatic carbocycles. The van der Waals surface area contributed by atoms with Gasteiger partial charge in [0.2, 0.25) is 0 Å². The summed E-state index contributed by atoms with van der Waals surface area (Å²) in [5, 5.41) is 0.950. The average molecular weight is 636 g/mol. The van der Waals surface area contributed by atoms with Crippen LogP contribution in [0.3, 0.4) is 0 Å². The van der Waals surface area contributed by atoms with E-state index in [4.69, 9.17) is 9.47 Å². The summed E-state index contributed by atoms with van der Waals surface area (Å²) in [5.74, 6) is 2.21. The van der Waals surface area contributed by atoms with Crippen molar-refractivity contribution in [2.75, 3.05) is 10.7 Å². The van der Waals surface area contributed by atoms with Crippen molar-refractivity contribution in [2.24, 2.45) is 0 Å². The standard InChI is InChI=1S/C33H32Br2O3/c1-21-13-15-29(23(3)17-21)37-31-11-7-5-9-25(31)27(19-34)33(36)28(20-35)26-10-6-8-12-32(26)38-30-16-14-22(2)18-24(30)4/h5-18,27-28H,19-20H2,1-4H3. The molecule has 3 nitrogen and oxygen atoms in total. The number of ketones is 1. The van der Waals surface area contributed by atoms with E-state index in [1.54, 1.807) is 0 Å². The quantitative estimate of drug-likeness (QED) is 0.163. The van der Waals surface area contributed by atoms with Crippen LogP contribution in [0.2, 0.25) is 0 Å². The molecule has 0 radical (unpaired) electrons. The Kier molecular flexibility index (Phi) is 9.45. The molecule has 0 aromatic heterocycles. The number of ether oxygens (including phenoxy) is 2. The molecule has 38 heavy (non-hydrogen) atoms. The molecular formula is C33H32Br2O3. The molecule has 5 heteroatoms. The van der Waals surface area contributed by atoms with Crippen LogP contribution in [0.4, 0.5) is 0 Å². The van der Waals surface area contributed by atoms with E-state index in [1.807, 2.05) is 86.6 Å². The highest BCUT2D eigenvalue weighted by atomic mass is 79.9. The summed E-state index contributed by atoms with van der Waals surface area (Å²) in [4.78, 5) is 14.2. The predicted molar refractivity (Wildman–Crippen MR) is 163 cm³/mol. The van der Waals surface area contributed by atoms with Gasteiger partial charge in [-0.05, 0) is 63.1 Å². The summed E-state index contributed by atoms with van der Waals surface area (Å²) >= 11 is 7.26. The monoisotopic (exact) mass is 634 g/mol. The Morgan fingerprint density at radius 3 is 1.37 bits per heavy atom. The number of alkyl halides is 2. The molecule has 0 N–H and O–H groups in total. The Balaban J connectivity index is 1.67. The predicted octanol–water partition coefficient (Wildman–Crippen LogP) is 9.73. The van der Waals surface area contributed by atoms with Gasteiger partial charge in [0.25, 0.3) is 0 Å². The SMILES string of the molecule is Cc1ccc(Oc2ccccc2C(CBr)C(=O)C(CBr)c2ccccc2Oc2ccc(C)cc2C)c(C)c1. The number of para-hydroxylation sites is 2. The van der Waals surface area contributed by atoms with Gasteiger partial charge in [-0.1, -0.05) is 104 Å². The molecule has 4 aromatic carbocycles. The molecule has 0 saturated heterocycles. The van der Waals surface area contributed by atoms with Crippen molar-refractivity contribution < 1.29 is 14.3 Å². The Hall–Kier alpha value is -2.89. The molecular weight excluding hydrogens is 604 g/mol. The van der Waals surface area contributed by atoms with Gasteiger partial charge in [0.15, 0.2) is 0 Å². The van der Waals surface area contributed by atoms with Crippen molar-refractivity contribution in [2.45, 2.75) is 39.5 Å². The third kappa shape index (κ3) is 6.39. The molecule has 0 amide bonds. The van der Waals surface area contributed by atoms with Crippen molar-refractivity contribution in [3.63, 3.8) is 0 Å². The topological polar surface area (TPSA) is 35.5 Å². The van der Waals surface area contributed by atoms with Crippen LogP contribution in [0.15, 0.2) is 84.9 Å². The second-order valence-electron chi connectivity index (χ2n) is 9.63. The lowest BCUT2D eigenvalue weighted by Crippen LogP contribution is -2.24. The number of carbonyl (C=O) groups excluding carboxylic acids is 1. The molecule has 0 aliphatic heterocycles. The summed E-state index contributed by atoms with van der Waals surface area (Å²) in [6, 6.07) is 27.8. The zero-order valence-electron chi connectivity index (χ0n) is 22.1. The maximum Gasteiger partial charge on any atom is 0.149 e. The van der Waals surface area contributed by atoms with Crippen LogP contribution in [-0.2, 0) is 4.79 Å². The Bertz CT molecular complexity index is 1320. The van der Waals surface area contributed by atoms with Crippen molar-refractivity contribution in [1.29, 1.82) is 0 Å². The zero-order valence-corrected chi connectivity index (χ0v) is 25.3. The minimum absolute atomic E-state index is 0.0899. The smallest absolute Gasteiger partial charge is 0.149 e. The number of hydrogen-bond acceptors (Lipinski definition) is 3. The maximum absolute atomic E-state index is 14.2. The Morgan fingerprint density at radius 2 is 1.00 bits per heavy atom. The lowest BCUT2D eigenvalue weighted by molar-refractivity contribution is -0.121. The van der Waals surface area contributed by atoms with Crippen molar-refractivity contribution in [3.8, 4) is 23.0 Å². The van der Waals surface area contributed by atoms with E-state index in [1.165, 1.54) is 11.1 Å². The number of aryl methyl sites for hydroxylation is 4. The fourth-order valence-corrected chi connectivity index (χ4v) is 5.99. The van der Waals surface area contributed by atoms with Gasteiger partial charge in [-0.25, -0.2) is 0 Å². The Labute approximate surface area is 242 Å². The van der Waals surface area contributed by atoms with E-state index in [-0.39, 0.29) is 5.78 Å². The zero-order chi connectivity index (χ0) is 27.2. The summed E-state index contributed by atoms with van der Waals surface area (Å²) in [7, 11) is 0. The highest BCUT2D eigenvalue weighted by Crippen LogP contribution is 2.40. The van der Waals surface area contributed by atoms with E-state index in [0.717, 1.165) is 33.8 Å². The van der Waals surface area contributed by atoms with Crippen LogP contribution < -0.4 is 9.47 Å². The second-order valence-corrected chi connectivity index (χ2v) is 10.9. The van der Waals surface area contributed by atoms with E-state index in [0.29, 0.717) is 22.2 Å². The molecule has 0 heterocycles. The van der Waals surface area contributed by atoms with Gasteiger partial charge in [-0.2, -0.15) is 0 Å². The van der Waals surface area contributed by atoms with E-state index in [9.17, 15) is 4.79 Å². The van der Waals surface area contributed by atoms with Crippen LogP contribution in [0, 0.1) is 27.7 Å². The van der Waals surface area contributed by atoms with Gasteiger partial charge < -0.3 is 9.47 Å². The second kappa shape index (κ2) is 12.8. The summed E-state index contributed by atoms with van der Waals surface area (Å²) in [6.45, 7) is 8.19. The van der Waals surface area contributed by atoms with Crippen LogP contribution >= 0.6 is 31.9 Å². The van der Waals surface area contributed by atoms with Gasteiger partial charge in [0.1, 0.15) is 28.8 Å². The van der Waals surface area contributed by atoms with E-state index >= 15 is 0 Å². The van der Waals surface area contributed by atoms with Gasteiger partial charge in [-0.15, -0.1) is 0 Å². The van der Waals surface area contributed by atoms with Crippen molar-refractivity contribution >= 4 is 37.6 Å². The molecule has 4 aromatic rings. The number of carbonyl (C=O) groups is 1. The first kappa shape index (κ1) is 28.1. The summed E-state index contributed by atoms with van der Waals surface area (Å²) in [6.07, 6.45) is 0. The van der Waals surface area contributed by atoms with E-state index in [2.05, 4.69) is 57.8 Å². The number of hydrogen-bond donors (Lipinski definition) is 0. The summed E-state index contributed by atoms with van der Waals surface area (Å²) in [5.41, 5.74) is 6.17. The lowest BCUT2D eigenvalue weighted by Gasteiger charge is -2.24. The molecule has 0 aliphatic rings. The third-order valence-corrected chi connectivity index (χ3v) is 7.98. The molecule has 2 atom stereocenters. The van der Waals surface area contributed by atoms with Crippen LogP contribution in [-0.4, -0.2) is 16.4 Å². The van der Waals surface area contributed by atoms with E-state index < -0.39 is 11.8 Å². The van der Waals surface area contributed by atoms with Gasteiger partial charge in [-0.3, -0.25) is 4.79 Å². The molecule has 0 saturated carbocycles. The fourth-order valence-electron chi connectivity index (χ4n) is 4.66. The minimum Gasteiger partial charge on any atom is -0.457 e. The largest absolute Gasteiger partial charge is 0.457 e. The maximum atomic E-state index is 14.2. The van der Waals surface area contributed by atoms with Crippen LogP contribution in [0.5, 0.6) is 23.0 Å². The van der Waals surface area contributed by atoms with Crippen LogP contribution in [0.25, 0.3) is 0 Å². The third-order valence-electron chi connectivity index (χ3n) is 6.69. The number of rotatable bonds is 10. The first-order valence-corrected chi connectivity index (χ1v) is 14.9. The molecule has 0 bridgehead atoms. The number of Topliss-reactive ketones (excluding diaryl/α,β-unsaturated/α-hetero) is 1. The van der Waals surface area contributed by atoms with Gasteiger partial charge in [0.05, 0.1) is 11.8 Å². The first-order valence-electron chi connectivity index (χ1n) is 12.7. The van der Waals surface area contributed by atoms with Gasteiger partial charge >= 0.3 is 0 Å². The molecule has 2 unspecified atom stereocenters. The number of halogens is 2. The molecule has 196 valence electrons. The normalized spacial score (nSPS) is 12.6. The molecule has 0 spiro atoms. The highest BCUT2D eigenvalue weighted by molar-refractivity contribution is 9.09. The first-order chi connectivity index (χ1) is 18.3. The lowest BCUT2D eigenvalue weighted by atomic mass is 9.85. The van der Waals surface area contributed by atoms with Crippen molar-refractivity contribution in [1.82, 2.24) is 0 Å². The fraction of sp³-hybridized carbons (Fsp3) is 0.242.